The van der Waals surface area contributed by atoms with Gasteiger partial charge in [-0.1, -0.05) is 26.0 Å². The summed E-state index contributed by atoms with van der Waals surface area (Å²) < 4.78 is 0. The summed E-state index contributed by atoms with van der Waals surface area (Å²) >= 11 is 0. The molecule has 1 saturated heterocycles. The smallest absolute Gasteiger partial charge is 0.253 e. The lowest BCUT2D eigenvalue weighted by Gasteiger charge is -2.32. The first kappa shape index (κ1) is 18.5. The molecule has 1 N–H and O–H groups in total. The van der Waals surface area contributed by atoms with E-state index in [-0.39, 0.29) is 30.3 Å². The monoisotopic (exact) mass is 332 g/mol. The molecule has 0 saturated carbocycles. The Labute approximate surface area is 144 Å². The molecule has 5 nitrogen and oxygen atoms in total. The van der Waals surface area contributed by atoms with Gasteiger partial charge in [0.1, 0.15) is 0 Å². The van der Waals surface area contributed by atoms with Gasteiger partial charge >= 0.3 is 0 Å². The van der Waals surface area contributed by atoms with Gasteiger partial charge in [0, 0.05) is 44.8 Å². The topological polar surface area (TPSA) is 60.9 Å². The molecule has 0 radical (unpaired) electrons. The van der Waals surface area contributed by atoms with Crippen LogP contribution in [0.25, 0.3) is 0 Å². The van der Waals surface area contributed by atoms with Crippen LogP contribution in [0.15, 0.2) is 24.3 Å². The van der Waals surface area contributed by atoms with E-state index < -0.39 is 0 Å². The maximum atomic E-state index is 12.6. The largest absolute Gasteiger partial charge is 0.396 e. The third kappa shape index (κ3) is 4.57. The summed E-state index contributed by atoms with van der Waals surface area (Å²) in [6.07, 6.45) is 1.92. The Bertz CT molecular complexity index is 568. The van der Waals surface area contributed by atoms with Gasteiger partial charge in [-0.15, -0.1) is 0 Å². The maximum absolute atomic E-state index is 12.6. The van der Waals surface area contributed by atoms with Crippen molar-refractivity contribution in [3.8, 4) is 0 Å². The first-order chi connectivity index (χ1) is 11.4. The van der Waals surface area contributed by atoms with Crippen LogP contribution >= 0.6 is 0 Å². The number of carbonyl (C=O) groups excluding carboxylic acids is 2. The normalized spacial score (nSPS) is 17.9. The Morgan fingerprint density at radius 3 is 2.54 bits per heavy atom. The number of benzene rings is 1. The van der Waals surface area contributed by atoms with E-state index in [1.807, 2.05) is 43.0 Å². The summed E-state index contributed by atoms with van der Waals surface area (Å²) in [7, 11) is 1.80. The average molecular weight is 332 g/mol. The summed E-state index contributed by atoms with van der Waals surface area (Å²) in [5.74, 6) is 0.303. The molecule has 0 bridgehead atoms. The van der Waals surface area contributed by atoms with Crippen molar-refractivity contribution in [1.82, 2.24) is 9.80 Å². The second-order valence-corrected chi connectivity index (χ2v) is 6.99. The summed E-state index contributed by atoms with van der Waals surface area (Å²) in [6.45, 7) is 5.84. The molecule has 1 heterocycles. The lowest BCUT2D eigenvalue weighted by Crippen LogP contribution is -2.40. The Kier molecular flexibility index (Phi) is 6.37. The summed E-state index contributed by atoms with van der Waals surface area (Å²) in [5.41, 5.74) is 1.67. The molecule has 5 heteroatoms. The quantitative estimate of drug-likeness (QED) is 0.899. The number of piperidine rings is 1. The van der Waals surface area contributed by atoms with Crippen LogP contribution in [0, 0.1) is 11.8 Å². The highest BCUT2D eigenvalue weighted by atomic mass is 16.3. The van der Waals surface area contributed by atoms with Crippen LogP contribution in [0.5, 0.6) is 0 Å². The first-order valence-corrected chi connectivity index (χ1v) is 8.66. The van der Waals surface area contributed by atoms with Gasteiger partial charge in [-0.25, -0.2) is 0 Å². The number of nitrogens with zero attached hydrogens (tertiary/aromatic N) is 2. The number of carbonyl (C=O) groups is 2. The van der Waals surface area contributed by atoms with E-state index in [0.29, 0.717) is 18.7 Å². The van der Waals surface area contributed by atoms with Crippen molar-refractivity contribution in [2.75, 3.05) is 26.7 Å². The van der Waals surface area contributed by atoms with E-state index in [0.717, 1.165) is 24.9 Å². The van der Waals surface area contributed by atoms with Gasteiger partial charge < -0.3 is 14.9 Å². The van der Waals surface area contributed by atoms with Gasteiger partial charge in [0.05, 0.1) is 0 Å². The van der Waals surface area contributed by atoms with Gasteiger partial charge in [0.2, 0.25) is 5.91 Å². The van der Waals surface area contributed by atoms with Gasteiger partial charge in [-0.2, -0.15) is 0 Å². The SMILES string of the molecule is CC(C)C(=O)N(C)Cc1ccc(C(=O)N2CCCC(CO)C2)cc1. The van der Waals surface area contributed by atoms with Gasteiger partial charge in [-0.3, -0.25) is 9.59 Å². The minimum atomic E-state index is -0.0191. The van der Waals surface area contributed by atoms with Crippen molar-refractivity contribution < 1.29 is 14.7 Å². The van der Waals surface area contributed by atoms with Gasteiger partial charge in [-0.05, 0) is 36.5 Å². The lowest BCUT2D eigenvalue weighted by atomic mass is 9.98. The van der Waals surface area contributed by atoms with E-state index in [1.54, 1.807) is 11.9 Å². The number of rotatable bonds is 5. The lowest BCUT2D eigenvalue weighted by molar-refractivity contribution is -0.133. The van der Waals surface area contributed by atoms with E-state index in [2.05, 4.69) is 0 Å². The van der Waals surface area contributed by atoms with Crippen molar-refractivity contribution in [2.45, 2.75) is 33.2 Å². The number of aliphatic hydroxyl groups is 1. The number of likely N-dealkylation sites (tertiary alicyclic amines) is 1. The Morgan fingerprint density at radius 2 is 1.96 bits per heavy atom. The number of aliphatic hydroxyl groups excluding tert-OH is 1. The van der Waals surface area contributed by atoms with E-state index in [4.69, 9.17) is 0 Å². The molecule has 1 aromatic carbocycles. The molecular formula is C19H28N2O3. The van der Waals surface area contributed by atoms with Crippen molar-refractivity contribution in [1.29, 1.82) is 0 Å². The molecule has 24 heavy (non-hydrogen) atoms. The fourth-order valence-electron chi connectivity index (χ4n) is 3.13. The van der Waals surface area contributed by atoms with Gasteiger partial charge in [0.15, 0.2) is 0 Å². The van der Waals surface area contributed by atoms with Crippen molar-refractivity contribution in [3.63, 3.8) is 0 Å². The summed E-state index contributed by atoms with van der Waals surface area (Å²) in [4.78, 5) is 28.0. The van der Waals surface area contributed by atoms with E-state index in [9.17, 15) is 14.7 Å². The van der Waals surface area contributed by atoms with Crippen LogP contribution in [0.3, 0.4) is 0 Å². The van der Waals surface area contributed by atoms with Crippen molar-refractivity contribution >= 4 is 11.8 Å². The highest BCUT2D eigenvalue weighted by molar-refractivity contribution is 5.94. The van der Waals surface area contributed by atoms with Crippen LogP contribution in [-0.2, 0) is 11.3 Å². The van der Waals surface area contributed by atoms with E-state index >= 15 is 0 Å². The second kappa shape index (κ2) is 8.29. The zero-order valence-corrected chi connectivity index (χ0v) is 14.9. The molecule has 1 unspecified atom stereocenters. The third-order valence-electron chi connectivity index (χ3n) is 4.56. The zero-order chi connectivity index (χ0) is 17.7. The molecule has 2 rings (SSSR count). The molecule has 1 aromatic rings. The molecule has 1 fully saturated rings. The highest BCUT2D eigenvalue weighted by Crippen LogP contribution is 2.18. The molecule has 1 atom stereocenters. The van der Waals surface area contributed by atoms with Crippen molar-refractivity contribution in [2.24, 2.45) is 11.8 Å². The van der Waals surface area contributed by atoms with Gasteiger partial charge in [0.25, 0.3) is 5.91 Å². The van der Waals surface area contributed by atoms with Crippen LogP contribution in [0.1, 0.15) is 42.6 Å². The molecule has 0 aromatic heterocycles. The summed E-state index contributed by atoms with van der Waals surface area (Å²) in [5, 5.41) is 9.30. The standard InChI is InChI=1S/C19H28N2O3/c1-14(2)18(23)20(3)11-15-6-8-17(9-7-15)19(24)21-10-4-5-16(12-21)13-22/h6-9,14,16,22H,4-5,10-13H2,1-3H3. The van der Waals surface area contributed by atoms with Crippen molar-refractivity contribution in [3.05, 3.63) is 35.4 Å². The number of hydrogen-bond acceptors (Lipinski definition) is 3. The molecule has 0 aliphatic carbocycles. The average Bonchev–Trinajstić information content (AvgIpc) is 2.61. The minimum absolute atomic E-state index is 0.0191. The molecule has 0 spiro atoms. The Morgan fingerprint density at radius 1 is 1.29 bits per heavy atom. The van der Waals surface area contributed by atoms with Crippen LogP contribution in [0.4, 0.5) is 0 Å². The molecule has 2 amide bonds. The predicted molar refractivity (Wildman–Crippen MR) is 93.5 cm³/mol. The third-order valence-corrected chi connectivity index (χ3v) is 4.56. The Hall–Kier alpha value is -1.88. The zero-order valence-electron chi connectivity index (χ0n) is 14.9. The maximum Gasteiger partial charge on any atom is 0.253 e. The second-order valence-electron chi connectivity index (χ2n) is 6.99. The first-order valence-electron chi connectivity index (χ1n) is 8.66. The molecular weight excluding hydrogens is 304 g/mol. The fourth-order valence-corrected chi connectivity index (χ4v) is 3.13. The number of hydrogen-bond donors (Lipinski definition) is 1. The fraction of sp³-hybridized carbons (Fsp3) is 0.579. The summed E-state index contributed by atoms with van der Waals surface area (Å²) in [6, 6.07) is 7.47. The highest BCUT2D eigenvalue weighted by Gasteiger charge is 2.24. The predicted octanol–water partition coefficient (Wildman–Crippen LogP) is 2.15. The Balaban J connectivity index is 1.98. The molecule has 132 valence electrons. The molecule has 1 aliphatic heterocycles. The molecule has 1 aliphatic rings. The van der Waals surface area contributed by atoms with Crippen LogP contribution in [0.2, 0.25) is 0 Å². The van der Waals surface area contributed by atoms with Crippen LogP contribution < -0.4 is 0 Å². The minimum Gasteiger partial charge on any atom is -0.396 e. The van der Waals surface area contributed by atoms with E-state index in [1.165, 1.54) is 0 Å². The number of amides is 2. The van der Waals surface area contributed by atoms with Crippen LogP contribution in [-0.4, -0.2) is 53.5 Å².